The van der Waals surface area contributed by atoms with Gasteiger partial charge in [-0.15, -0.1) is 0 Å². The lowest BCUT2D eigenvalue weighted by Crippen LogP contribution is -2.12. The summed E-state index contributed by atoms with van der Waals surface area (Å²) in [5.74, 6) is 1.72. The average Bonchev–Trinajstić information content (AvgIpc) is 2.08. The van der Waals surface area contributed by atoms with E-state index in [1.165, 1.54) is 32.1 Å². The molecular weight excluding hydrogens is 182 g/mol. The summed E-state index contributed by atoms with van der Waals surface area (Å²) in [5.41, 5.74) is 6.00. The van der Waals surface area contributed by atoms with Crippen LogP contribution in [0.2, 0.25) is 0 Å². The molecule has 0 bridgehead atoms. The van der Waals surface area contributed by atoms with Crippen LogP contribution in [0.5, 0.6) is 0 Å². The van der Waals surface area contributed by atoms with E-state index in [-0.39, 0.29) is 0 Å². The Morgan fingerprint density at radius 1 is 0.933 bits per heavy atom. The molecule has 0 spiro atoms. The van der Waals surface area contributed by atoms with Gasteiger partial charge in [0.1, 0.15) is 0 Å². The fourth-order valence-corrected chi connectivity index (χ4v) is 2.33. The van der Waals surface area contributed by atoms with Crippen molar-refractivity contribution in [2.24, 2.45) is 23.0 Å². The summed E-state index contributed by atoms with van der Waals surface area (Å²) in [6, 6.07) is 0. The molecule has 0 saturated heterocycles. The minimum absolute atomic E-state index is 0.486. The van der Waals surface area contributed by atoms with Crippen molar-refractivity contribution in [3.05, 3.63) is 0 Å². The zero-order valence-corrected chi connectivity index (χ0v) is 11.5. The second-order valence-corrected chi connectivity index (χ2v) is 6.48. The lowest BCUT2D eigenvalue weighted by Gasteiger charge is -2.24. The van der Waals surface area contributed by atoms with Crippen molar-refractivity contribution in [3.63, 3.8) is 0 Å². The van der Waals surface area contributed by atoms with Crippen molar-refractivity contribution < 1.29 is 0 Å². The van der Waals surface area contributed by atoms with Crippen LogP contribution >= 0.6 is 0 Å². The van der Waals surface area contributed by atoms with Crippen LogP contribution in [0.15, 0.2) is 0 Å². The van der Waals surface area contributed by atoms with Crippen molar-refractivity contribution in [1.82, 2.24) is 0 Å². The van der Waals surface area contributed by atoms with E-state index in [0.717, 1.165) is 18.4 Å². The van der Waals surface area contributed by atoms with Crippen LogP contribution in [0.3, 0.4) is 0 Å². The third-order valence-corrected chi connectivity index (χ3v) is 3.01. The summed E-state index contributed by atoms with van der Waals surface area (Å²) >= 11 is 0. The molecule has 0 aliphatic carbocycles. The maximum Gasteiger partial charge on any atom is -0.00772 e. The predicted octanol–water partition coefficient (Wildman–Crippen LogP) is 4.21. The lowest BCUT2D eigenvalue weighted by atomic mass is 9.82. The van der Waals surface area contributed by atoms with E-state index >= 15 is 0 Å². The highest BCUT2D eigenvalue weighted by molar-refractivity contribution is 4.67. The fraction of sp³-hybridized carbons (Fsp3) is 1.00. The van der Waals surface area contributed by atoms with E-state index in [4.69, 9.17) is 5.73 Å². The minimum atomic E-state index is 0.486. The number of nitrogens with two attached hydrogens (primary N) is 1. The Bertz CT molecular complexity index is 146. The Morgan fingerprint density at radius 3 is 1.93 bits per heavy atom. The highest BCUT2D eigenvalue weighted by atomic mass is 14.5. The number of hydrogen-bond donors (Lipinski definition) is 1. The molecule has 92 valence electrons. The van der Waals surface area contributed by atoms with Gasteiger partial charge >= 0.3 is 0 Å². The van der Waals surface area contributed by atoms with Gasteiger partial charge in [-0.3, -0.25) is 0 Å². The topological polar surface area (TPSA) is 26.0 Å². The van der Waals surface area contributed by atoms with E-state index in [1.807, 2.05) is 0 Å². The van der Waals surface area contributed by atoms with Crippen LogP contribution < -0.4 is 5.73 Å². The van der Waals surface area contributed by atoms with E-state index in [0.29, 0.717) is 5.41 Å². The second-order valence-electron chi connectivity index (χ2n) is 6.48. The van der Waals surface area contributed by atoms with Crippen LogP contribution in [0.25, 0.3) is 0 Å². The van der Waals surface area contributed by atoms with Crippen molar-refractivity contribution in [3.8, 4) is 0 Å². The molecule has 0 aromatic heterocycles. The smallest absolute Gasteiger partial charge is 0.00772 e. The number of rotatable bonds is 7. The summed E-state index contributed by atoms with van der Waals surface area (Å²) in [7, 11) is 0. The normalized spacial score (nSPS) is 16.4. The summed E-state index contributed by atoms with van der Waals surface area (Å²) in [4.78, 5) is 0. The van der Waals surface area contributed by atoms with Gasteiger partial charge in [-0.05, 0) is 43.1 Å². The minimum Gasteiger partial charge on any atom is -0.330 e. The molecule has 0 fully saturated rings. The molecule has 2 atom stereocenters. The Kier molecular flexibility index (Phi) is 7.25. The molecule has 0 aromatic rings. The van der Waals surface area contributed by atoms with Gasteiger partial charge in [-0.1, -0.05) is 47.5 Å². The van der Waals surface area contributed by atoms with Gasteiger partial charge in [0.15, 0.2) is 0 Å². The molecule has 2 unspecified atom stereocenters. The van der Waals surface area contributed by atoms with Crippen molar-refractivity contribution in [2.45, 2.75) is 66.7 Å². The maximum atomic E-state index is 5.52. The second kappa shape index (κ2) is 7.27. The zero-order chi connectivity index (χ0) is 11.9. The molecular formula is C14H31N. The highest BCUT2D eigenvalue weighted by Gasteiger charge is 2.15. The monoisotopic (exact) mass is 213 g/mol. The zero-order valence-electron chi connectivity index (χ0n) is 11.5. The van der Waals surface area contributed by atoms with E-state index in [9.17, 15) is 0 Å². The van der Waals surface area contributed by atoms with Gasteiger partial charge in [0.05, 0.1) is 0 Å². The molecule has 0 saturated carbocycles. The van der Waals surface area contributed by atoms with Crippen molar-refractivity contribution >= 4 is 0 Å². The molecule has 2 N–H and O–H groups in total. The molecule has 0 aromatic carbocycles. The molecule has 0 aliphatic rings. The molecule has 1 nitrogen and oxygen atoms in total. The van der Waals surface area contributed by atoms with Crippen molar-refractivity contribution in [2.75, 3.05) is 6.54 Å². The third kappa shape index (κ3) is 10.2. The third-order valence-electron chi connectivity index (χ3n) is 3.01. The van der Waals surface area contributed by atoms with Gasteiger partial charge in [-0.25, -0.2) is 0 Å². The van der Waals surface area contributed by atoms with E-state index in [1.54, 1.807) is 0 Å². The molecule has 0 heterocycles. The highest BCUT2D eigenvalue weighted by Crippen LogP contribution is 2.28. The van der Waals surface area contributed by atoms with Crippen LogP contribution in [0, 0.1) is 17.3 Å². The first-order valence-electron chi connectivity index (χ1n) is 6.55. The number of hydrogen-bond acceptors (Lipinski definition) is 1. The summed E-state index contributed by atoms with van der Waals surface area (Å²) < 4.78 is 0. The average molecular weight is 213 g/mol. The Labute approximate surface area is 96.8 Å². The maximum absolute atomic E-state index is 5.52. The Balaban J connectivity index is 3.57. The molecule has 0 amide bonds. The van der Waals surface area contributed by atoms with E-state index in [2.05, 4.69) is 34.6 Å². The molecule has 0 radical (unpaired) electrons. The molecule has 1 heteroatoms. The standard InChI is InChI=1S/C14H31N/c1-12(7-6-10-15)8-9-13(2)11-14(3,4)5/h12-13H,6-11,15H2,1-5H3. The van der Waals surface area contributed by atoms with Gasteiger partial charge in [0.25, 0.3) is 0 Å². The quantitative estimate of drug-likeness (QED) is 0.673. The summed E-state index contributed by atoms with van der Waals surface area (Å²) in [5, 5.41) is 0. The van der Waals surface area contributed by atoms with Gasteiger partial charge in [-0.2, -0.15) is 0 Å². The van der Waals surface area contributed by atoms with Gasteiger partial charge in [0, 0.05) is 0 Å². The van der Waals surface area contributed by atoms with Crippen LogP contribution in [-0.2, 0) is 0 Å². The lowest BCUT2D eigenvalue weighted by molar-refractivity contribution is 0.281. The fourth-order valence-electron chi connectivity index (χ4n) is 2.33. The first-order chi connectivity index (χ1) is 6.85. The molecule has 0 rings (SSSR count). The van der Waals surface area contributed by atoms with Crippen molar-refractivity contribution in [1.29, 1.82) is 0 Å². The Morgan fingerprint density at radius 2 is 1.47 bits per heavy atom. The summed E-state index contributed by atoms with van der Waals surface area (Å²) in [6.45, 7) is 12.6. The first kappa shape index (κ1) is 15.0. The largest absolute Gasteiger partial charge is 0.330 e. The van der Waals surface area contributed by atoms with Gasteiger partial charge < -0.3 is 5.73 Å². The molecule has 15 heavy (non-hydrogen) atoms. The summed E-state index contributed by atoms with van der Waals surface area (Å²) in [6.07, 6.45) is 6.59. The molecule has 0 aliphatic heterocycles. The van der Waals surface area contributed by atoms with Crippen LogP contribution in [-0.4, -0.2) is 6.54 Å². The SMILES string of the molecule is CC(CCCN)CCC(C)CC(C)(C)C. The predicted molar refractivity (Wildman–Crippen MR) is 69.9 cm³/mol. The van der Waals surface area contributed by atoms with Crippen LogP contribution in [0.4, 0.5) is 0 Å². The van der Waals surface area contributed by atoms with Crippen LogP contribution in [0.1, 0.15) is 66.7 Å². The van der Waals surface area contributed by atoms with E-state index < -0.39 is 0 Å². The first-order valence-corrected chi connectivity index (χ1v) is 6.55. The Hall–Kier alpha value is -0.0400. The van der Waals surface area contributed by atoms with Gasteiger partial charge in [0.2, 0.25) is 0 Å².